The van der Waals surface area contributed by atoms with Crippen molar-refractivity contribution in [2.75, 3.05) is 18.0 Å². The summed E-state index contributed by atoms with van der Waals surface area (Å²) in [5.41, 5.74) is 2.79. The Balaban J connectivity index is 1.74. The van der Waals surface area contributed by atoms with E-state index in [1.807, 2.05) is 6.07 Å². The molecule has 1 N–H and O–H groups in total. The largest absolute Gasteiger partial charge is 0.314 e. The van der Waals surface area contributed by atoms with Gasteiger partial charge in [0.05, 0.1) is 11.6 Å². The van der Waals surface area contributed by atoms with Crippen LogP contribution in [-0.4, -0.2) is 24.0 Å². The van der Waals surface area contributed by atoms with Crippen LogP contribution in [0.1, 0.15) is 16.7 Å². The van der Waals surface area contributed by atoms with Gasteiger partial charge in [-0.3, -0.25) is 9.69 Å². The number of fused-ring (bicyclic) bond motifs is 2. The molecule has 0 aliphatic carbocycles. The van der Waals surface area contributed by atoms with Crippen LogP contribution in [0.3, 0.4) is 0 Å². The molecule has 1 fully saturated rings. The van der Waals surface area contributed by atoms with Crippen LogP contribution in [0.5, 0.6) is 0 Å². The Labute approximate surface area is 134 Å². The highest BCUT2D eigenvalue weighted by Gasteiger charge is 2.55. The van der Waals surface area contributed by atoms with E-state index in [4.69, 9.17) is 11.6 Å². The minimum absolute atomic E-state index is 0.122. The van der Waals surface area contributed by atoms with E-state index in [9.17, 15) is 4.79 Å². The minimum Gasteiger partial charge on any atom is -0.314 e. The average Bonchev–Trinajstić information content (AvgIpc) is 2.70. The molecule has 0 atom stereocenters. The maximum Gasteiger partial charge on any atom is 0.241 e. The molecule has 4 nitrogen and oxygen atoms in total. The van der Waals surface area contributed by atoms with Crippen molar-refractivity contribution < 1.29 is 4.79 Å². The number of aromatic nitrogens is 1. The first kappa shape index (κ1) is 13.7. The molecule has 3 heterocycles. The van der Waals surface area contributed by atoms with E-state index in [1.165, 1.54) is 5.56 Å². The minimum atomic E-state index is -0.474. The van der Waals surface area contributed by atoms with Crippen molar-refractivity contribution in [3.05, 3.63) is 58.2 Å². The van der Waals surface area contributed by atoms with Crippen LogP contribution in [0.4, 0.5) is 5.82 Å². The smallest absolute Gasteiger partial charge is 0.241 e. The second kappa shape index (κ2) is 4.80. The normalized spacial score (nSPS) is 18.5. The van der Waals surface area contributed by atoms with Crippen LogP contribution in [-0.2, 0) is 16.8 Å². The predicted octanol–water partition coefficient (Wildman–Crippen LogP) is 2.43. The number of nitrogens with zero attached hydrogens (tertiary/aromatic N) is 2. The standard InChI is InChI=1S/C17H16ClN3O/c1-11-2-4-12(5-3-11)8-21-15-14(6-13(18)7-20-15)17(16(21)22)9-19-10-17/h2-7,19H,8-10H2,1H3. The number of rotatable bonds is 2. The molecule has 1 aromatic heterocycles. The molecule has 0 bridgehead atoms. The van der Waals surface area contributed by atoms with Crippen molar-refractivity contribution in [3.8, 4) is 0 Å². The summed E-state index contributed by atoms with van der Waals surface area (Å²) in [7, 11) is 0. The van der Waals surface area contributed by atoms with E-state index in [0.717, 1.165) is 16.9 Å². The van der Waals surface area contributed by atoms with Gasteiger partial charge in [-0.05, 0) is 18.6 Å². The SMILES string of the molecule is Cc1ccc(CN2C(=O)C3(CNC3)c3cc(Cl)cnc32)cc1. The number of aryl methyl sites for hydroxylation is 1. The second-order valence-corrected chi connectivity index (χ2v) is 6.52. The number of carbonyl (C=O) groups is 1. The van der Waals surface area contributed by atoms with Gasteiger partial charge in [0.15, 0.2) is 0 Å². The number of pyridine rings is 1. The Morgan fingerprint density at radius 2 is 2.05 bits per heavy atom. The highest BCUT2D eigenvalue weighted by Crippen LogP contribution is 2.44. The Bertz CT molecular complexity index is 753. The number of nitrogens with one attached hydrogen (secondary N) is 1. The number of amides is 1. The van der Waals surface area contributed by atoms with Gasteiger partial charge < -0.3 is 5.32 Å². The highest BCUT2D eigenvalue weighted by molar-refractivity contribution is 6.30. The fourth-order valence-electron chi connectivity index (χ4n) is 3.21. The van der Waals surface area contributed by atoms with Gasteiger partial charge in [-0.1, -0.05) is 41.4 Å². The molecule has 1 aromatic carbocycles. The van der Waals surface area contributed by atoms with E-state index >= 15 is 0 Å². The number of benzene rings is 1. The van der Waals surface area contributed by atoms with E-state index in [-0.39, 0.29) is 5.91 Å². The first-order valence-electron chi connectivity index (χ1n) is 7.34. The molecule has 2 aliphatic heterocycles. The summed E-state index contributed by atoms with van der Waals surface area (Å²) < 4.78 is 0. The van der Waals surface area contributed by atoms with Gasteiger partial charge in [0.25, 0.3) is 0 Å². The quantitative estimate of drug-likeness (QED) is 0.926. The maximum absolute atomic E-state index is 13.0. The van der Waals surface area contributed by atoms with Gasteiger partial charge in [-0.15, -0.1) is 0 Å². The molecule has 0 unspecified atom stereocenters. The van der Waals surface area contributed by atoms with Crippen LogP contribution in [0.15, 0.2) is 36.5 Å². The van der Waals surface area contributed by atoms with E-state index in [2.05, 4.69) is 41.5 Å². The maximum atomic E-state index is 13.0. The van der Waals surface area contributed by atoms with Gasteiger partial charge in [0.1, 0.15) is 11.2 Å². The van der Waals surface area contributed by atoms with Crippen LogP contribution in [0, 0.1) is 6.92 Å². The van der Waals surface area contributed by atoms with Crippen molar-refractivity contribution in [1.29, 1.82) is 0 Å². The molecule has 22 heavy (non-hydrogen) atoms. The molecule has 1 saturated heterocycles. The number of anilines is 1. The fraction of sp³-hybridized carbons (Fsp3) is 0.294. The lowest BCUT2D eigenvalue weighted by atomic mass is 9.77. The summed E-state index contributed by atoms with van der Waals surface area (Å²) in [5, 5.41) is 3.79. The summed E-state index contributed by atoms with van der Waals surface area (Å²) in [6.45, 7) is 3.91. The zero-order valence-electron chi connectivity index (χ0n) is 12.3. The number of halogens is 1. The zero-order valence-corrected chi connectivity index (χ0v) is 13.0. The number of hydrogen-bond acceptors (Lipinski definition) is 3. The molecule has 1 amide bonds. The van der Waals surface area contributed by atoms with Crippen LogP contribution in [0.25, 0.3) is 0 Å². The summed E-state index contributed by atoms with van der Waals surface area (Å²) in [5.74, 6) is 0.869. The first-order chi connectivity index (χ1) is 10.6. The van der Waals surface area contributed by atoms with Crippen molar-refractivity contribution in [2.24, 2.45) is 0 Å². The second-order valence-electron chi connectivity index (χ2n) is 6.09. The van der Waals surface area contributed by atoms with E-state index in [1.54, 1.807) is 11.1 Å². The van der Waals surface area contributed by atoms with E-state index in [0.29, 0.717) is 24.7 Å². The Hall–Kier alpha value is -1.91. The van der Waals surface area contributed by atoms with Gasteiger partial charge in [0.2, 0.25) is 5.91 Å². The van der Waals surface area contributed by atoms with Crippen LogP contribution in [0.2, 0.25) is 5.02 Å². The average molecular weight is 314 g/mol. The summed E-state index contributed by atoms with van der Waals surface area (Å²) in [6, 6.07) is 10.1. The van der Waals surface area contributed by atoms with Crippen LogP contribution >= 0.6 is 11.6 Å². The molecule has 5 heteroatoms. The number of carbonyl (C=O) groups excluding carboxylic acids is 1. The third-order valence-electron chi connectivity index (χ3n) is 4.57. The van der Waals surface area contributed by atoms with Gasteiger partial charge in [0, 0.05) is 24.8 Å². The zero-order chi connectivity index (χ0) is 15.3. The molecular weight excluding hydrogens is 298 g/mol. The third-order valence-corrected chi connectivity index (χ3v) is 4.78. The van der Waals surface area contributed by atoms with Gasteiger partial charge in [-0.25, -0.2) is 4.98 Å². The first-order valence-corrected chi connectivity index (χ1v) is 7.72. The Morgan fingerprint density at radius 3 is 2.68 bits per heavy atom. The monoisotopic (exact) mass is 313 g/mol. The molecular formula is C17H16ClN3O. The highest BCUT2D eigenvalue weighted by atomic mass is 35.5. The number of hydrogen-bond donors (Lipinski definition) is 1. The van der Waals surface area contributed by atoms with Crippen molar-refractivity contribution in [1.82, 2.24) is 10.3 Å². The molecule has 4 rings (SSSR count). The van der Waals surface area contributed by atoms with Gasteiger partial charge in [-0.2, -0.15) is 0 Å². The molecule has 2 aliphatic rings. The Kier molecular flexibility index (Phi) is 2.99. The summed E-state index contributed by atoms with van der Waals surface area (Å²) >= 11 is 6.09. The predicted molar refractivity (Wildman–Crippen MR) is 86.2 cm³/mol. The Morgan fingerprint density at radius 1 is 1.32 bits per heavy atom. The van der Waals surface area contributed by atoms with Gasteiger partial charge >= 0.3 is 0 Å². The lowest BCUT2D eigenvalue weighted by Crippen LogP contribution is -2.61. The third kappa shape index (κ3) is 1.87. The molecule has 1 spiro atoms. The lowest BCUT2D eigenvalue weighted by Gasteiger charge is -2.37. The molecule has 112 valence electrons. The van der Waals surface area contributed by atoms with Crippen molar-refractivity contribution in [3.63, 3.8) is 0 Å². The lowest BCUT2D eigenvalue weighted by molar-refractivity contribution is -0.125. The van der Waals surface area contributed by atoms with Crippen LogP contribution < -0.4 is 10.2 Å². The van der Waals surface area contributed by atoms with E-state index < -0.39 is 5.41 Å². The van der Waals surface area contributed by atoms with Crippen molar-refractivity contribution >= 4 is 23.3 Å². The molecule has 2 aromatic rings. The molecule has 0 radical (unpaired) electrons. The van der Waals surface area contributed by atoms with Crippen molar-refractivity contribution in [2.45, 2.75) is 18.9 Å². The summed E-state index contributed by atoms with van der Waals surface area (Å²) in [6.07, 6.45) is 1.61. The topological polar surface area (TPSA) is 45.2 Å². The fourth-order valence-corrected chi connectivity index (χ4v) is 3.37. The summed E-state index contributed by atoms with van der Waals surface area (Å²) in [4.78, 5) is 19.2. The molecule has 0 saturated carbocycles.